The van der Waals surface area contributed by atoms with Crippen LogP contribution >= 0.6 is 9.39 Å². The van der Waals surface area contributed by atoms with Crippen LogP contribution in [0, 0.1) is 0 Å². The molecule has 0 aromatic carbocycles. The Labute approximate surface area is 72.3 Å². The number of hydrogen-bond donors (Lipinski definition) is 1. The minimum Gasteiger partial charge on any atom is -0.392 e. The molecule has 1 aliphatic heterocycles. The third kappa shape index (κ3) is 4.39. The van der Waals surface area contributed by atoms with Crippen LogP contribution < -0.4 is 5.32 Å². The molecule has 66 valence electrons. The molecule has 0 saturated heterocycles. The second-order valence-electron chi connectivity index (χ2n) is 2.22. The van der Waals surface area contributed by atoms with Gasteiger partial charge in [-0.05, 0) is 6.42 Å². The number of nitrogens with zero attached hydrogens (tertiary/aromatic N) is 1. The summed E-state index contributed by atoms with van der Waals surface area (Å²) in [4.78, 5) is 0. The quantitative estimate of drug-likeness (QED) is 0.607. The second-order valence-corrected chi connectivity index (χ2v) is 2.95. The first-order valence-corrected chi connectivity index (χ1v) is 4.71. The Bertz CT molecular complexity index is 123. The van der Waals surface area contributed by atoms with E-state index in [-0.39, 0.29) is 0 Å². The molecule has 1 aliphatic rings. The van der Waals surface area contributed by atoms with Gasteiger partial charge in [-0.2, -0.15) is 0 Å². The van der Waals surface area contributed by atoms with Crippen molar-refractivity contribution in [2.24, 2.45) is 0 Å². The van der Waals surface area contributed by atoms with Crippen molar-refractivity contribution in [1.29, 1.82) is 0 Å². The van der Waals surface area contributed by atoms with Gasteiger partial charge in [0.15, 0.2) is 0 Å². The highest BCUT2D eigenvalue weighted by Crippen LogP contribution is 2.10. The van der Waals surface area contributed by atoms with Crippen molar-refractivity contribution in [3.05, 3.63) is 11.8 Å². The molecular formula is C8H19N2P. The molecule has 2 nitrogen and oxygen atoms in total. The molecule has 1 rings (SSSR count). The van der Waals surface area contributed by atoms with E-state index in [1.807, 2.05) is 20.9 Å². The fourth-order valence-corrected chi connectivity index (χ4v) is 1.15. The van der Waals surface area contributed by atoms with E-state index >= 15 is 0 Å². The Kier molecular flexibility index (Phi) is 6.59. The summed E-state index contributed by atoms with van der Waals surface area (Å²) in [6, 6.07) is 0. The van der Waals surface area contributed by atoms with Gasteiger partial charge in [0, 0.05) is 25.8 Å². The highest BCUT2D eigenvalue weighted by Gasteiger charge is 2.04. The van der Waals surface area contributed by atoms with E-state index in [2.05, 4.69) is 25.5 Å². The minimum atomic E-state index is 1.06. The molecule has 1 unspecified atom stereocenters. The van der Waals surface area contributed by atoms with Crippen LogP contribution in [0.1, 0.15) is 20.3 Å². The van der Waals surface area contributed by atoms with E-state index in [0.29, 0.717) is 0 Å². The maximum absolute atomic E-state index is 3.15. The fourth-order valence-electron chi connectivity index (χ4n) is 0.912. The van der Waals surface area contributed by atoms with Gasteiger partial charge < -0.3 is 5.32 Å². The molecule has 0 radical (unpaired) electrons. The fraction of sp³-hybridized carbons (Fsp3) is 0.750. The van der Waals surface area contributed by atoms with Gasteiger partial charge in [0.05, 0.1) is 0 Å². The van der Waals surface area contributed by atoms with Gasteiger partial charge in [-0.1, -0.05) is 29.3 Å². The molecule has 0 aromatic heterocycles. The zero-order valence-corrected chi connectivity index (χ0v) is 8.88. The molecule has 0 saturated carbocycles. The third-order valence-electron chi connectivity index (χ3n) is 1.56. The van der Waals surface area contributed by atoms with E-state index in [4.69, 9.17) is 0 Å². The van der Waals surface area contributed by atoms with Crippen molar-refractivity contribution in [2.75, 3.05) is 20.1 Å². The average Bonchev–Trinajstić information content (AvgIpc) is 2.10. The zero-order valence-electron chi connectivity index (χ0n) is 7.72. The predicted octanol–water partition coefficient (Wildman–Crippen LogP) is 1.61. The monoisotopic (exact) mass is 174 g/mol. The molecule has 0 aromatic rings. The van der Waals surface area contributed by atoms with E-state index in [9.17, 15) is 0 Å². The molecule has 0 bridgehead atoms. The molecule has 1 heterocycles. The van der Waals surface area contributed by atoms with Gasteiger partial charge in [-0.25, -0.2) is 0 Å². The van der Waals surface area contributed by atoms with Crippen LogP contribution in [-0.4, -0.2) is 24.8 Å². The van der Waals surface area contributed by atoms with Crippen LogP contribution in [0.15, 0.2) is 11.8 Å². The number of rotatable bonds is 1. The molecule has 11 heavy (non-hydrogen) atoms. The third-order valence-corrected chi connectivity index (χ3v) is 2.03. The Morgan fingerprint density at radius 3 is 2.55 bits per heavy atom. The molecular weight excluding hydrogens is 155 g/mol. The van der Waals surface area contributed by atoms with Crippen molar-refractivity contribution in [3.63, 3.8) is 0 Å². The normalized spacial score (nSPS) is 18.0. The van der Waals surface area contributed by atoms with Gasteiger partial charge in [0.2, 0.25) is 0 Å². The smallest absolute Gasteiger partial charge is 0.0217 e. The van der Waals surface area contributed by atoms with Crippen LogP contribution in [-0.2, 0) is 0 Å². The topological polar surface area (TPSA) is 15.3 Å². The van der Waals surface area contributed by atoms with Crippen LogP contribution in [0.3, 0.4) is 0 Å². The summed E-state index contributed by atoms with van der Waals surface area (Å²) in [5.41, 5.74) is 1.37. The minimum absolute atomic E-state index is 1.06. The Balaban J connectivity index is 0.000000461. The molecule has 1 N–H and O–H groups in total. The van der Waals surface area contributed by atoms with Crippen molar-refractivity contribution >= 4 is 9.39 Å². The van der Waals surface area contributed by atoms with Gasteiger partial charge in [0.25, 0.3) is 0 Å². The van der Waals surface area contributed by atoms with Crippen LogP contribution in [0.2, 0.25) is 0 Å². The molecule has 1 atom stereocenters. The summed E-state index contributed by atoms with van der Waals surface area (Å²) in [7, 11) is 4.68. The summed E-state index contributed by atoms with van der Waals surface area (Å²) < 4.78 is 2.22. The first kappa shape index (κ1) is 10.9. The first-order valence-electron chi connectivity index (χ1n) is 4.19. The van der Waals surface area contributed by atoms with Crippen molar-refractivity contribution in [3.8, 4) is 0 Å². The molecule has 0 fully saturated rings. The molecule has 3 heteroatoms. The Morgan fingerprint density at radius 2 is 2.18 bits per heavy atom. The Hall–Kier alpha value is -0.0700. The van der Waals surface area contributed by atoms with E-state index < -0.39 is 0 Å². The molecule has 0 spiro atoms. The number of hydrogen-bond acceptors (Lipinski definition) is 2. The summed E-state index contributed by atoms with van der Waals surface area (Å²) in [5, 5.41) is 3.15. The summed E-state index contributed by atoms with van der Waals surface area (Å²) in [6.07, 6.45) is 3.37. The highest BCUT2D eigenvalue weighted by molar-refractivity contribution is 7.13. The Morgan fingerprint density at radius 1 is 1.55 bits per heavy atom. The van der Waals surface area contributed by atoms with Crippen molar-refractivity contribution in [2.45, 2.75) is 20.3 Å². The summed E-state index contributed by atoms with van der Waals surface area (Å²) >= 11 is 0. The van der Waals surface area contributed by atoms with Crippen LogP contribution in [0.25, 0.3) is 0 Å². The lowest BCUT2D eigenvalue weighted by Gasteiger charge is -2.20. The van der Waals surface area contributed by atoms with Crippen molar-refractivity contribution in [1.82, 2.24) is 9.99 Å². The zero-order chi connectivity index (χ0) is 8.69. The molecule has 0 amide bonds. The lowest BCUT2D eigenvalue weighted by molar-refractivity contribution is 0.488. The van der Waals surface area contributed by atoms with Gasteiger partial charge in [-0.15, -0.1) is 0 Å². The van der Waals surface area contributed by atoms with E-state index in [1.54, 1.807) is 0 Å². The standard InChI is InChI=1S/C6H13N2P.C2H6/c1-7-6-2-4-8(9)5-3-6;1-2/h2,7H,3-5,9H2,1H3;1-2H3. The second kappa shape index (κ2) is 6.63. The lowest BCUT2D eigenvalue weighted by Crippen LogP contribution is -2.22. The summed E-state index contributed by atoms with van der Waals surface area (Å²) in [5.74, 6) is 0. The van der Waals surface area contributed by atoms with E-state index in [0.717, 1.165) is 19.5 Å². The van der Waals surface area contributed by atoms with Crippen LogP contribution in [0.5, 0.6) is 0 Å². The highest BCUT2D eigenvalue weighted by atomic mass is 31.0. The van der Waals surface area contributed by atoms with Gasteiger partial charge in [-0.3, -0.25) is 4.67 Å². The van der Waals surface area contributed by atoms with Crippen LogP contribution in [0.4, 0.5) is 0 Å². The predicted molar refractivity (Wildman–Crippen MR) is 54.4 cm³/mol. The first-order chi connectivity index (χ1) is 5.33. The maximum atomic E-state index is 3.15. The largest absolute Gasteiger partial charge is 0.392 e. The van der Waals surface area contributed by atoms with Gasteiger partial charge in [0.1, 0.15) is 0 Å². The molecule has 0 aliphatic carbocycles. The lowest BCUT2D eigenvalue weighted by atomic mass is 10.2. The van der Waals surface area contributed by atoms with Gasteiger partial charge >= 0.3 is 0 Å². The maximum Gasteiger partial charge on any atom is 0.0217 e. The van der Waals surface area contributed by atoms with E-state index in [1.165, 1.54) is 5.70 Å². The SMILES string of the molecule is CC.CNC1=CCN(P)CC1. The van der Waals surface area contributed by atoms with Crippen molar-refractivity contribution < 1.29 is 0 Å². The summed E-state index contributed by atoms with van der Waals surface area (Å²) in [6.45, 7) is 6.21. The number of nitrogens with one attached hydrogen (secondary N) is 1. The average molecular weight is 174 g/mol.